The van der Waals surface area contributed by atoms with Crippen molar-refractivity contribution >= 4 is 15.9 Å². The van der Waals surface area contributed by atoms with Gasteiger partial charge in [-0.3, -0.25) is 0 Å². The molecule has 102 valence electrons. The van der Waals surface area contributed by atoms with Gasteiger partial charge >= 0.3 is 0 Å². The molecule has 2 aromatic rings. The molecule has 1 unspecified atom stereocenters. The molecule has 1 aromatic heterocycles. The van der Waals surface area contributed by atoms with Gasteiger partial charge in [0.1, 0.15) is 5.82 Å². The van der Waals surface area contributed by atoms with Crippen molar-refractivity contribution in [2.45, 2.75) is 25.9 Å². The maximum Gasteiger partial charge on any atom is 0.173 e. The number of benzene rings is 1. The largest absolute Gasteiger partial charge is 0.335 e. The summed E-state index contributed by atoms with van der Waals surface area (Å²) in [5.41, 5.74) is 6.59. The quantitative estimate of drug-likeness (QED) is 0.875. The highest BCUT2D eigenvalue weighted by atomic mass is 79.9. The highest BCUT2D eigenvalue weighted by Crippen LogP contribution is 2.28. The molecular weight excluding hydrogens is 316 g/mol. The Balaban J connectivity index is 2.25. The Kier molecular flexibility index (Phi) is 4.31. The minimum Gasteiger partial charge on any atom is -0.335 e. The Morgan fingerprint density at radius 1 is 1.42 bits per heavy atom. The summed E-state index contributed by atoms with van der Waals surface area (Å²) in [6.45, 7) is 2.80. The van der Waals surface area contributed by atoms with Crippen LogP contribution in [0.4, 0.5) is 8.78 Å². The van der Waals surface area contributed by atoms with Crippen molar-refractivity contribution in [3.8, 4) is 0 Å². The molecular formula is C13H14BrF2N3. The smallest absolute Gasteiger partial charge is 0.173 e. The van der Waals surface area contributed by atoms with Gasteiger partial charge in [0.25, 0.3) is 0 Å². The number of hydrogen-bond acceptors (Lipinski definition) is 2. The minimum atomic E-state index is -0.910. The minimum absolute atomic E-state index is 0.0783. The lowest BCUT2D eigenvalue weighted by molar-refractivity contribution is 0.499. The molecule has 1 heterocycles. The third kappa shape index (κ3) is 2.84. The van der Waals surface area contributed by atoms with E-state index in [1.807, 2.05) is 17.7 Å². The second kappa shape index (κ2) is 5.79. The van der Waals surface area contributed by atoms with Crippen molar-refractivity contribution in [2.75, 3.05) is 0 Å². The average molecular weight is 330 g/mol. The van der Waals surface area contributed by atoms with Crippen LogP contribution in [0.15, 0.2) is 29.0 Å². The molecule has 1 aromatic carbocycles. The zero-order valence-electron chi connectivity index (χ0n) is 10.4. The molecule has 2 rings (SSSR count). The van der Waals surface area contributed by atoms with Crippen LogP contribution in [0.5, 0.6) is 0 Å². The van der Waals surface area contributed by atoms with Gasteiger partial charge in [-0.15, -0.1) is 0 Å². The molecule has 0 radical (unpaired) electrons. The summed E-state index contributed by atoms with van der Waals surface area (Å²) in [5.74, 6) is -0.976. The van der Waals surface area contributed by atoms with E-state index >= 15 is 0 Å². The lowest BCUT2D eigenvalue weighted by atomic mass is 10.0. The summed E-state index contributed by atoms with van der Waals surface area (Å²) in [7, 11) is 0. The molecule has 0 saturated heterocycles. The zero-order chi connectivity index (χ0) is 14.0. The Hall–Kier alpha value is -1.27. The topological polar surface area (TPSA) is 43.8 Å². The van der Waals surface area contributed by atoms with Crippen molar-refractivity contribution in [1.29, 1.82) is 0 Å². The van der Waals surface area contributed by atoms with E-state index in [4.69, 9.17) is 5.73 Å². The van der Waals surface area contributed by atoms with Crippen molar-refractivity contribution in [3.63, 3.8) is 0 Å². The number of hydrogen-bond donors (Lipinski definition) is 1. The van der Waals surface area contributed by atoms with E-state index < -0.39 is 17.7 Å². The van der Waals surface area contributed by atoms with E-state index in [2.05, 4.69) is 20.9 Å². The maximum atomic E-state index is 13.5. The van der Waals surface area contributed by atoms with Gasteiger partial charge < -0.3 is 10.3 Å². The normalized spacial score (nSPS) is 12.7. The van der Waals surface area contributed by atoms with Gasteiger partial charge in [0, 0.05) is 31.4 Å². The van der Waals surface area contributed by atoms with Crippen LogP contribution < -0.4 is 5.73 Å². The Morgan fingerprint density at radius 3 is 2.84 bits per heavy atom. The molecule has 19 heavy (non-hydrogen) atoms. The monoisotopic (exact) mass is 329 g/mol. The molecule has 0 fully saturated rings. The summed E-state index contributed by atoms with van der Waals surface area (Å²) in [6, 6.07) is 2.13. The lowest BCUT2D eigenvalue weighted by Gasteiger charge is -2.15. The van der Waals surface area contributed by atoms with E-state index in [1.165, 1.54) is 6.07 Å². The van der Waals surface area contributed by atoms with E-state index in [1.54, 1.807) is 6.20 Å². The number of aromatic nitrogens is 2. The van der Waals surface area contributed by atoms with Crippen molar-refractivity contribution in [3.05, 3.63) is 52.0 Å². The predicted molar refractivity (Wildman–Crippen MR) is 72.6 cm³/mol. The fourth-order valence-corrected chi connectivity index (χ4v) is 2.57. The third-order valence-corrected chi connectivity index (χ3v) is 3.82. The van der Waals surface area contributed by atoms with Gasteiger partial charge in [0.2, 0.25) is 0 Å². The summed E-state index contributed by atoms with van der Waals surface area (Å²) < 4.78 is 28.6. The average Bonchev–Trinajstić information content (AvgIpc) is 2.83. The van der Waals surface area contributed by atoms with Crippen LogP contribution in [0, 0.1) is 11.6 Å². The molecule has 0 amide bonds. The van der Waals surface area contributed by atoms with Gasteiger partial charge in [-0.05, 0) is 34.5 Å². The number of aryl methyl sites for hydroxylation is 1. The van der Waals surface area contributed by atoms with Crippen LogP contribution in [-0.4, -0.2) is 9.55 Å². The maximum absolute atomic E-state index is 13.5. The molecule has 6 heteroatoms. The van der Waals surface area contributed by atoms with Crippen molar-refractivity contribution in [2.24, 2.45) is 5.73 Å². The fourth-order valence-electron chi connectivity index (χ4n) is 1.95. The highest BCUT2D eigenvalue weighted by Gasteiger charge is 2.18. The Bertz CT molecular complexity index is 583. The first kappa shape index (κ1) is 14.1. The van der Waals surface area contributed by atoms with Crippen LogP contribution >= 0.6 is 15.9 Å². The number of halogens is 3. The van der Waals surface area contributed by atoms with E-state index in [0.29, 0.717) is 12.0 Å². The molecule has 0 aliphatic heterocycles. The fraction of sp³-hybridized carbons (Fsp3) is 0.308. The lowest BCUT2D eigenvalue weighted by Crippen LogP contribution is -2.17. The van der Waals surface area contributed by atoms with Gasteiger partial charge in [-0.2, -0.15) is 0 Å². The van der Waals surface area contributed by atoms with Gasteiger partial charge in [0.05, 0.1) is 4.47 Å². The van der Waals surface area contributed by atoms with Crippen LogP contribution in [0.25, 0.3) is 0 Å². The Morgan fingerprint density at radius 2 is 2.16 bits per heavy atom. The number of imidazole rings is 1. The van der Waals surface area contributed by atoms with E-state index in [0.717, 1.165) is 18.4 Å². The van der Waals surface area contributed by atoms with Gasteiger partial charge in [-0.25, -0.2) is 13.8 Å². The van der Waals surface area contributed by atoms with Gasteiger partial charge in [0.15, 0.2) is 11.6 Å². The molecule has 0 aliphatic rings. The summed E-state index contributed by atoms with van der Waals surface area (Å²) in [5, 5.41) is 0. The number of rotatable bonds is 4. The highest BCUT2D eigenvalue weighted by molar-refractivity contribution is 9.10. The van der Waals surface area contributed by atoms with Crippen LogP contribution in [-0.2, 0) is 13.0 Å². The van der Waals surface area contributed by atoms with Crippen LogP contribution in [0.1, 0.15) is 24.4 Å². The first-order valence-corrected chi connectivity index (χ1v) is 6.72. The number of nitrogens with two attached hydrogens (primary N) is 1. The summed E-state index contributed by atoms with van der Waals surface area (Å²) in [4.78, 5) is 4.22. The van der Waals surface area contributed by atoms with Crippen molar-refractivity contribution in [1.82, 2.24) is 9.55 Å². The molecule has 0 bridgehead atoms. The zero-order valence-corrected chi connectivity index (χ0v) is 12.0. The predicted octanol–water partition coefficient (Wildman–Crippen LogP) is 3.19. The molecule has 1 atom stereocenters. The van der Waals surface area contributed by atoms with Crippen LogP contribution in [0.2, 0.25) is 0 Å². The standard InChI is InChI=1S/C13H14BrF2N3/c1-2-19-6-5-18-11(19)7-10(17)8-3-4-9(15)13(16)12(8)14/h3-6,10H,2,7,17H2,1H3. The Labute approximate surface area is 118 Å². The van der Waals surface area contributed by atoms with Crippen molar-refractivity contribution < 1.29 is 8.78 Å². The van der Waals surface area contributed by atoms with Gasteiger partial charge in [-0.1, -0.05) is 6.07 Å². The summed E-state index contributed by atoms with van der Waals surface area (Å²) in [6.07, 6.45) is 4.03. The SMILES string of the molecule is CCn1ccnc1CC(N)c1ccc(F)c(F)c1Br. The first-order chi connectivity index (χ1) is 9.04. The molecule has 0 saturated carbocycles. The second-order valence-corrected chi connectivity index (χ2v) is 5.00. The third-order valence-electron chi connectivity index (χ3n) is 3.01. The summed E-state index contributed by atoms with van der Waals surface area (Å²) >= 11 is 3.05. The molecule has 0 aliphatic carbocycles. The van der Waals surface area contributed by atoms with Crippen LogP contribution in [0.3, 0.4) is 0 Å². The molecule has 0 spiro atoms. The van der Waals surface area contributed by atoms with E-state index in [-0.39, 0.29) is 4.47 Å². The second-order valence-electron chi connectivity index (χ2n) is 4.20. The van der Waals surface area contributed by atoms with E-state index in [9.17, 15) is 8.78 Å². The molecule has 3 nitrogen and oxygen atoms in total. The first-order valence-electron chi connectivity index (χ1n) is 5.93. The number of nitrogens with zero attached hydrogens (tertiary/aromatic N) is 2. The molecule has 2 N–H and O–H groups in total.